The normalized spacial score (nSPS) is 18.2. The second-order valence-electron chi connectivity index (χ2n) is 7.68. The minimum atomic E-state index is -3.65. The first kappa shape index (κ1) is 21.0. The maximum atomic E-state index is 13.1. The summed E-state index contributed by atoms with van der Waals surface area (Å²) in [6, 6.07) is 13.7. The Balaban J connectivity index is 1.92. The molecule has 0 fully saturated rings. The molecule has 0 unspecified atom stereocenters. The predicted molar refractivity (Wildman–Crippen MR) is 116 cm³/mol. The Bertz CT molecular complexity index is 1040. The minimum Gasteiger partial charge on any atom is -0.324 e. The molecule has 0 saturated heterocycles. The molecule has 2 N–H and O–H groups in total. The number of sulfonamides is 1. The lowest BCUT2D eigenvalue weighted by molar-refractivity contribution is -0.118. The van der Waals surface area contributed by atoms with Crippen molar-refractivity contribution < 1.29 is 13.2 Å². The van der Waals surface area contributed by atoms with Crippen LogP contribution in [0.15, 0.2) is 58.4 Å². The molecule has 1 amide bonds. The summed E-state index contributed by atoms with van der Waals surface area (Å²) in [5.74, 6) is 0.253. The van der Waals surface area contributed by atoms with E-state index in [-0.39, 0.29) is 22.6 Å². The molecular formula is C22H27N3O3S. The summed E-state index contributed by atoms with van der Waals surface area (Å²) in [7, 11) is -3.65. The van der Waals surface area contributed by atoms with Gasteiger partial charge in [-0.05, 0) is 41.7 Å². The van der Waals surface area contributed by atoms with E-state index >= 15 is 0 Å². The molecule has 154 valence electrons. The van der Waals surface area contributed by atoms with Gasteiger partial charge in [-0.25, -0.2) is 8.42 Å². The highest BCUT2D eigenvalue weighted by atomic mass is 32.2. The third-order valence-corrected chi connectivity index (χ3v) is 6.60. The first-order valence-electron chi connectivity index (χ1n) is 9.83. The number of anilines is 1. The number of nitrogens with zero attached hydrogens (tertiary/aromatic N) is 1. The molecule has 0 spiro atoms. The number of hydrogen-bond acceptors (Lipinski definition) is 4. The van der Waals surface area contributed by atoms with Crippen LogP contribution in [-0.2, 0) is 14.8 Å². The molecular weight excluding hydrogens is 386 g/mol. The first-order chi connectivity index (χ1) is 13.7. The van der Waals surface area contributed by atoms with Crippen molar-refractivity contribution in [2.24, 2.45) is 10.9 Å². The van der Waals surface area contributed by atoms with E-state index in [1.54, 1.807) is 18.2 Å². The highest BCUT2D eigenvalue weighted by Crippen LogP contribution is 2.25. The lowest BCUT2D eigenvalue weighted by atomic mass is 9.98. The summed E-state index contributed by atoms with van der Waals surface area (Å²) >= 11 is 0. The molecule has 7 heteroatoms. The Kier molecular flexibility index (Phi) is 6.07. The predicted octanol–water partition coefficient (Wildman–Crippen LogP) is 3.90. The van der Waals surface area contributed by atoms with E-state index in [9.17, 15) is 13.2 Å². The number of benzene rings is 2. The summed E-state index contributed by atoms with van der Waals surface area (Å²) in [5, 5.41) is 2.95. The third-order valence-electron chi connectivity index (χ3n) is 5.20. The number of hydrogen-bond donors (Lipinski definition) is 2. The quantitative estimate of drug-likeness (QED) is 0.753. The maximum absolute atomic E-state index is 13.1. The van der Waals surface area contributed by atoms with E-state index in [0.29, 0.717) is 17.2 Å². The van der Waals surface area contributed by atoms with Crippen LogP contribution in [0, 0.1) is 5.92 Å². The molecule has 0 saturated carbocycles. The van der Waals surface area contributed by atoms with Gasteiger partial charge in [0.2, 0.25) is 5.91 Å². The first-order valence-corrected chi connectivity index (χ1v) is 11.3. The van der Waals surface area contributed by atoms with E-state index in [1.807, 2.05) is 38.1 Å². The number of nitrogens with one attached hydrogen (secondary N) is 2. The molecule has 1 heterocycles. The number of amidine groups is 1. The van der Waals surface area contributed by atoms with Crippen molar-refractivity contribution in [3.05, 3.63) is 59.7 Å². The van der Waals surface area contributed by atoms with Crippen LogP contribution in [-0.4, -0.2) is 26.2 Å². The molecule has 0 aromatic heterocycles. The van der Waals surface area contributed by atoms with Crippen LogP contribution in [0.4, 0.5) is 5.69 Å². The Hall–Kier alpha value is -2.67. The average Bonchev–Trinajstić information content (AvgIpc) is 2.96. The van der Waals surface area contributed by atoms with E-state index in [1.165, 1.54) is 6.07 Å². The van der Waals surface area contributed by atoms with Crippen LogP contribution in [0.5, 0.6) is 0 Å². The summed E-state index contributed by atoms with van der Waals surface area (Å²) in [6.07, 6.45) is 0.731. The third kappa shape index (κ3) is 4.50. The van der Waals surface area contributed by atoms with E-state index in [4.69, 9.17) is 0 Å². The molecule has 2 aromatic rings. The van der Waals surface area contributed by atoms with E-state index in [0.717, 1.165) is 12.0 Å². The van der Waals surface area contributed by atoms with Gasteiger partial charge in [0.25, 0.3) is 10.0 Å². The lowest BCUT2D eigenvalue weighted by Gasteiger charge is -2.20. The summed E-state index contributed by atoms with van der Waals surface area (Å²) in [5.41, 5.74) is 2.34. The molecule has 0 bridgehead atoms. The van der Waals surface area contributed by atoms with Crippen molar-refractivity contribution in [1.82, 2.24) is 4.72 Å². The van der Waals surface area contributed by atoms with Crippen LogP contribution in [0.2, 0.25) is 0 Å². The highest BCUT2D eigenvalue weighted by Gasteiger charge is 2.33. The smallest absolute Gasteiger partial charge is 0.263 e. The largest absolute Gasteiger partial charge is 0.324 e. The second kappa shape index (κ2) is 8.37. The van der Waals surface area contributed by atoms with Crippen molar-refractivity contribution >= 4 is 27.5 Å². The Morgan fingerprint density at radius 1 is 1.10 bits per heavy atom. The van der Waals surface area contributed by atoms with Gasteiger partial charge in [0.15, 0.2) is 0 Å². The van der Waals surface area contributed by atoms with E-state index < -0.39 is 16.1 Å². The van der Waals surface area contributed by atoms with Crippen molar-refractivity contribution in [3.8, 4) is 0 Å². The van der Waals surface area contributed by atoms with Gasteiger partial charge in [-0.15, -0.1) is 0 Å². The summed E-state index contributed by atoms with van der Waals surface area (Å²) in [4.78, 5) is 17.8. The maximum Gasteiger partial charge on any atom is 0.263 e. The van der Waals surface area contributed by atoms with Gasteiger partial charge in [0.05, 0.1) is 4.90 Å². The van der Waals surface area contributed by atoms with E-state index in [2.05, 4.69) is 28.9 Å². The second-order valence-corrected chi connectivity index (χ2v) is 9.33. The molecule has 0 aliphatic carbocycles. The molecule has 6 nitrogen and oxygen atoms in total. The monoisotopic (exact) mass is 413 g/mol. The van der Waals surface area contributed by atoms with Gasteiger partial charge in [-0.1, -0.05) is 58.4 Å². The number of carbonyl (C=O) groups is 1. The molecule has 1 aliphatic rings. The van der Waals surface area contributed by atoms with Crippen molar-refractivity contribution in [2.75, 3.05) is 5.32 Å². The molecule has 1 aliphatic heterocycles. The number of aliphatic imine (C=N–C) groups is 1. The van der Waals surface area contributed by atoms with Crippen molar-refractivity contribution in [1.29, 1.82) is 0 Å². The van der Waals surface area contributed by atoms with Gasteiger partial charge in [0, 0.05) is 11.3 Å². The Morgan fingerprint density at radius 3 is 2.52 bits per heavy atom. The zero-order valence-electron chi connectivity index (χ0n) is 17.1. The highest BCUT2D eigenvalue weighted by molar-refractivity contribution is 7.90. The van der Waals surface area contributed by atoms with Crippen LogP contribution in [0.1, 0.15) is 51.2 Å². The molecule has 2 aromatic carbocycles. The van der Waals surface area contributed by atoms with Gasteiger partial charge < -0.3 is 5.32 Å². The zero-order chi connectivity index (χ0) is 21.2. The topological polar surface area (TPSA) is 87.6 Å². The van der Waals surface area contributed by atoms with Crippen molar-refractivity contribution in [2.45, 2.75) is 51.0 Å². The summed E-state index contributed by atoms with van der Waals surface area (Å²) in [6.45, 7) is 8.11. The van der Waals surface area contributed by atoms with Crippen LogP contribution in [0.25, 0.3) is 0 Å². The SMILES string of the molecule is CC[C@H](C)[C@@H](N=C1NS(=O)(=O)c2ccccc21)C(=O)Nc1cccc(C(C)C)c1. The number of fused-ring (bicyclic) bond motifs is 1. The Morgan fingerprint density at radius 2 is 1.83 bits per heavy atom. The minimum absolute atomic E-state index is 0.0620. The molecule has 29 heavy (non-hydrogen) atoms. The summed E-state index contributed by atoms with van der Waals surface area (Å²) < 4.78 is 27.2. The number of amides is 1. The van der Waals surface area contributed by atoms with Crippen LogP contribution in [0.3, 0.4) is 0 Å². The zero-order valence-corrected chi connectivity index (χ0v) is 18.0. The standard InChI is InChI=1S/C22H27N3O3S/c1-5-15(4)20(22(26)23-17-10-8-9-16(13-17)14(2)3)24-21-18-11-6-7-12-19(18)29(27,28)25-21/h6-15,20H,5H2,1-4H3,(H,23,26)(H,24,25)/t15-,20+/m0/s1. The van der Waals surface area contributed by atoms with Crippen molar-refractivity contribution in [3.63, 3.8) is 0 Å². The van der Waals surface area contributed by atoms with Gasteiger partial charge in [0.1, 0.15) is 11.9 Å². The van der Waals surface area contributed by atoms with Gasteiger partial charge in [-0.2, -0.15) is 0 Å². The number of rotatable bonds is 6. The molecule has 0 radical (unpaired) electrons. The molecule has 2 atom stereocenters. The number of carbonyl (C=O) groups excluding carboxylic acids is 1. The fourth-order valence-electron chi connectivity index (χ4n) is 3.23. The molecule has 3 rings (SSSR count). The van der Waals surface area contributed by atoms with Crippen LogP contribution < -0.4 is 10.0 Å². The Labute approximate surface area is 172 Å². The average molecular weight is 414 g/mol. The lowest BCUT2D eigenvalue weighted by Crippen LogP contribution is -2.34. The fraction of sp³-hybridized carbons (Fsp3) is 0.364. The van der Waals surface area contributed by atoms with Gasteiger partial charge >= 0.3 is 0 Å². The fourth-order valence-corrected chi connectivity index (χ4v) is 4.47. The van der Waals surface area contributed by atoms with Crippen LogP contribution >= 0.6 is 0 Å². The van der Waals surface area contributed by atoms with Gasteiger partial charge in [-0.3, -0.25) is 14.5 Å².